The van der Waals surface area contributed by atoms with Crippen LogP contribution in [0.1, 0.15) is 30.7 Å². The summed E-state index contributed by atoms with van der Waals surface area (Å²) in [7, 11) is 2.25. The van der Waals surface area contributed by atoms with Gasteiger partial charge >= 0.3 is 0 Å². The molecule has 2 saturated heterocycles. The maximum Gasteiger partial charge on any atom is 0.133 e. The monoisotopic (exact) mass is 249 g/mol. The van der Waals surface area contributed by atoms with E-state index in [0.29, 0.717) is 5.41 Å². The SMILES string of the molecule is Cc1cc(CN2CCC3(CCN(C)C3)CC2)no1. The number of likely N-dealkylation sites (tertiary alicyclic amines) is 2. The minimum atomic E-state index is 0.616. The van der Waals surface area contributed by atoms with Crippen molar-refractivity contribution < 1.29 is 4.52 Å². The summed E-state index contributed by atoms with van der Waals surface area (Å²) in [5.74, 6) is 0.913. The molecule has 1 aromatic heterocycles. The highest BCUT2D eigenvalue weighted by molar-refractivity contribution is 5.04. The zero-order valence-corrected chi connectivity index (χ0v) is 11.5. The minimum Gasteiger partial charge on any atom is -0.361 e. The largest absolute Gasteiger partial charge is 0.361 e. The second kappa shape index (κ2) is 4.67. The first-order chi connectivity index (χ1) is 8.65. The van der Waals surface area contributed by atoms with Crippen molar-refractivity contribution >= 4 is 0 Å². The van der Waals surface area contributed by atoms with Crippen LogP contribution in [0.25, 0.3) is 0 Å². The average molecular weight is 249 g/mol. The Labute approximate surface area is 109 Å². The van der Waals surface area contributed by atoms with Gasteiger partial charge in [0.1, 0.15) is 5.76 Å². The van der Waals surface area contributed by atoms with Gasteiger partial charge in [-0.05, 0) is 58.3 Å². The quantitative estimate of drug-likeness (QED) is 0.801. The number of aryl methyl sites for hydroxylation is 1. The van der Waals surface area contributed by atoms with Gasteiger partial charge in [0, 0.05) is 19.2 Å². The van der Waals surface area contributed by atoms with Crippen molar-refractivity contribution in [3.05, 3.63) is 17.5 Å². The van der Waals surface area contributed by atoms with Crippen LogP contribution >= 0.6 is 0 Å². The lowest BCUT2D eigenvalue weighted by atomic mass is 9.78. The Kier molecular flexibility index (Phi) is 3.16. The highest BCUT2D eigenvalue weighted by Crippen LogP contribution is 2.39. The maximum absolute atomic E-state index is 5.13. The second-order valence-corrected chi connectivity index (χ2v) is 6.19. The Morgan fingerprint density at radius 2 is 2.00 bits per heavy atom. The summed E-state index contributed by atoms with van der Waals surface area (Å²) < 4.78 is 5.13. The van der Waals surface area contributed by atoms with Crippen molar-refractivity contribution in [2.24, 2.45) is 5.41 Å². The zero-order valence-electron chi connectivity index (χ0n) is 11.5. The van der Waals surface area contributed by atoms with Crippen LogP contribution in [-0.2, 0) is 6.54 Å². The van der Waals surface area contributed by atoms with Crippen LogP contribution in [-0.4, -0.2) is 48.2 Å². The van der Waals surface area contributed by atoms with Crippen molar-refractivity contribution in [1.29, 1.82) is 0 Å². The van der Waals surface area contributed by atoms with Gasteiger partial charge < -0.3 is 9.42 Å². The molecule has 0 N–H and O–H groups in total. The summed E-state index contributed by atoms with van der Waals surface area (Å²) in [5, 5.41) is 4.09. The third-order valence-electron chi connectivity index (χ3n) is 4.61. The van der Waals surface area contributed by atoms with Gasteiger partial charge in [0.15, 0.2) is 0 Å². The van der Waals surface area contributed by atoms with Crippen molar-refractivity contribution in [3.8, 4) is 0 Å². The van der Waals surface area contributed by atoms with Gasteiger partial charge in [-0.25, -0.2) is 0 Å². The molecule has 0 atom stereocenters. The molecule has 100 valence electrons. The highest BCUT2D eigenvalue weighted by Gasteiger charge is 2.39. The fourth-order valence-electron chi connectivity index (χ4n) is 3.47. The summed E-state index contributed by atoms with van der Waals surface area (Å²) in [5.41, 5.74) is 1.69. The summed E-state index contributed by atoms with van der Waals surface area (Å²) >= 11 is 0. The lowest BCUT2D eigenvalue weighted by Crippen LogP contribution is -2.40. The molecule has 0 saturated carbocycles. The lowest BCUT2D eigenvalue weighted by Gasteiger charge is -2.39. The molecular formula is C14H23N3O. The predicted molar refractivity (Wildman–Crippen MR) is 70.3 cm³/mol. The van der Waals surface area contributed by atoms with Gasteiger partial charge in [0.05, 0.1) is 5.69 Å². The molecular weight excluding hydrogens is 226 g/mol. The van der Waals surface area contributed by atoms with Crippen LogP contribution in [0.15, 0.2) is 10.6 Å². The van der Waals surface area contributed by atoms with Crippen LogP contribution < -0.4 is 0 Å². The van der Waals surface area contributed by atoms with Crippen molar-refractivity contribution in [2.45, 2.75) is 32.7 Å². The van der Waals surface area contributed by atoms with E-state index in [2.05, 4.69) is 22.0 Å². The van der Waals surface area contributed by atoms with E-state index in [1.54, 1.807) is 0 Å². The van der Waals surface area contributed by atoms with Crippen molar-refractivity contribution in [3.63, 3.8) is 0 Å². The molecule has 0 bridgehead atoms. The molecule has 2 fully saturated rings. The molecule has 2 aliphatic heterocycles. The predicted octanol–water partition coefficient (Wildman–Crippen LogP) is 1.90. The molecule has 2 aliphatic rings. The molecule has 0 radical (unpaired) electrons. The van der Waals surface area contributed by atoms with E-state index < -0.39 is 0 Å². The second-order valence-electron chi connectivity index (χ2n) is 6.19. The Hall–Kier alpha value is -0.870. The van der Waals surface area contributed by atoms with Crippen LogP contribution in [0.5, 0.6) is 0 Å². The number of hydrogen-bond acceptors (Lipinski definition) is 4. The van der Waals surface area contributed by atoms with Gasteiger partial charge in [-0.2, -0.15) is 0 Å². The number of piperidine rings is 1. The maximum atomic E-state index is 5.13. The Morgan fingerprint density at radius 3 is 2.56 bits per heavy atom. The molecule has 1 aromatic rings. The Bertz CT molecular complexity index is 407. The van der Waals surface area contributed by atoms with E-state index in [0.717, 1.165) is 18.0 Å². The molecule has 3 rings (SSSR count). The van der Waals surface area contributed by atoms with E-state index in [4.69, 9.17) is 4.52 Å². The van der Waals surface area contributed by atoms with Crippen LogP contribution in [0.4, 0.5) is 0 Å². The smallest absolute Gasteiger partial charge is 0.133 e. The van der Waals surface area contributed by atoms with Crippen molar-refractivity contribution in [2.75, 3.05) is 33.2 Å². The topological polar surface area (TPSA) is 32.5 Å². The first-order valence-electron chi connectivity index (χ1n) is 6.98. The van der Waals surface area contributed by atoms with Gasteiger partial charge in [-0.15, -0.1) is 0 Å². The van der Waals surface area contributed by atoms with Gasteiger partial charge in [0.2, 0.25) is 0 Å². The molecule has 4 heteroatoms. The first-order valence-corrected chi connectivity index (χ1v) is 6.98. The van der Waals surface area contributed by atoms with E-state index in [1.807, 2.05) is 13.0 Å². The molecule has 0 aromatic carbocycles. The average Bonchev–Trinajstić information content (AvgIpc) is 2.90. The number of nitrogens with zero attached hydrogens (tertiary/aromatic N) is 3. The van der Waals surface area contributed by atoms with E-state index in [9.17, 15) is 0 Å². The van der Waals surface area contributed by atoms with E-state index in [1.165, 1.54) is 45.4 Å². The summed E-state index contributed by atoms with van der Waals surface area (Å²) in [6.07, 6.45) is 4.07. The molecule has 3 heterocycles. The number of rotatable bonds is 2. The summed E-state index contributed by atoms with van der Waals surface area (Å²) in [4.78, 5) is 5.00. The third kappa shape index (κ3) is 2.45. The van der Waals surface area contributed by atoms with Gasteiger partial charge in [0.25, 0.3) is 0 Å². The normalized spacial score (nSPS) is 25.0. The molecule has 1 spiro atoms. The third-order valence-corrected chi connectivity index (χ3v) is 4.61. The Morgan fingerprint density at radius 1 is 1.28 bits per heavy atom. The number of hydrogen-bond donors (Lipinski definition) is 0. The van der Waals surface area contributed by atoms with E-state index >= 15 is 0 Å². The van der Waals surface area contributed by atoms with Gasteiger partial charge in [-0.1, -0.05) is 5.16 Å². The van der Waals surface area contributed by atoms with Crippen LogP contribution in [0, 0.1) is 12.3 Å². The molecule has 18 heavy (non-hydrogen) atoms. The first kappa shape index (κ1) is 12.2. The van der Waals surface area contributed by atoms with Gasteiger partial charge in [-0.3, -0.25) is 4.90 Å². The highest BCUT2D eigenvalue weighted by atomic mass is 16.5. The van der Waals surface area contributed by atoms with E-state index in [-0.39, 0.29) is 0 Å². The minimum absolute atomic E-state index is 0.616. The molecule has 0 aliphatic carbocycles. The van der Waals surface area contributed by atoms with Crippen molar-refractivity contribution in [1.82, 2.24) is 15.0 Å². The van der Waals surface area contributed by atoms with Crippen LogP contribution in [0.3, 0.4) is 0 Å². The standard InChI is InChI=1S/C14H23N3O/c1-12-9-13(15-18-12)10-17-7-4-14(5-8-17)3-6-16(2)11-14/h9H,3-8,10-11H2,1-2H3. The van der Waals surface area contributed by atoms with Crippen LogP contribution in [0.2, 0.25) is 0 Å². The molecule has 0 amide bonds. The summed E-state index contributed by atoms with van der Waals surface area (Å²) in [6.45, 7) is 7.89. The molecule has 0 unspecified atom stereocenters. The Balaban J connectivity index is 1.54. The lowest BCUT2D eigenvalue weighted by molar-refractivity contribution is 0.104. The fourth-order valence-corrected chi connectivity index (χ4v) is 3.47. The summed E-state index contributed by atoms with van der Waals surface area (Å²) in [6, 6.07) is 2.05. The molecule has 4 nitrogen and oxygen atoms in total. The number of aromatic nitrogens is 1. The zero-order chi connectivity index (χ0) is 12.6. The fraction of sp³-hybridized carbons (Fsp3) is 0.786.